The standard InChI is InChI=1S/C17H20N2O2/c1-17(2,16(20)21-3)11-12-5-4-6-13(9-12)14-7-8-19-15(18)10-14/h4-10H,11H2,1-3H3,(H2,18,19). The highest BCUT2D eigenvalue weighted by atomic mass is 16.5. The van der Waals surface area contributed by atoms with Gasteiger partial charge in [0.25, 0.3) is 0 Å². The average Bonchev–Trinajstić information content (AvgIpc) is 2.46. The number of rotatable bonds is 4. The molecule has 2 aromatic rings. The molecule has 0 aliphatic heterocycles. The number of esters is 1. The Labute approximate surface area is 125 Å². The number of hydrogen-bond acceptors (Lipinski definition) is 4. The van der Waals surface area contributed by atoms with Crippen molar-refractivity contribution in [2.24, 2.45) is 5.41 Å². The minimum atomic E-state index is -0.551. The molecule has 0 fully saturated rings. The van der Waals surface area contributed by atoms with Gasteiger partial charge in [0.05, 0.1) is 12.5 Å². The molecule has 4 nitrogen and oxygen atoms in total. The van der Waals surface area contributed by atoms with E-state index < -0.39 is 5.41 Å². The first-order valence-corrected chi connectivity index (χ1v) is 6.81. The molecular weight excluding hydrogens is 264 g/mol. The fourth-order valence-corrected chi connectivity index (χ4v) is 2.35. The zero-order valence-corrected chi connectivity index (χ0v) is 12.6. The van der Waals surface area contributed by atoms with Crippen LogP contribution in [-0.4, -0.2) is 18.1 Å². The van der Waals surface area contributed by atoms with E-state index in [1.165, 1.54) is 7.11 Å². The van der Waals surface area contributed by atoms with E-state index in [9.17, 15) is 4.79 Å². The number of pyridine rings is 1. The smallest absolute Gasteiger partial charge is 0.311 e. The molecule has 0 saturated carbocycles. The minimum Gasteiger partial charge on any atom is -0.469 e. The van der Waals surface area contributed by atoms with Crippen molar-refractivity contribution in [2.75, 3.05) is 12.8 Å². The lowest BCUT2D eigenvalue weighted by atomic mass is 9.85. The van der Waals surface area contributed by atoms with Crippen LogP contribution in [0, 0.1) is 5.41 Å². The van der Waals surface area contributed by atoms with Crippen molar-refractivity contribution in [1.82, 2.24) is 4.98 Å². The highest BCUT2D eigenvalue weighted by Gasteiger charge is 2.28. The molecule has 0 radical (unpaired) electrons. The normalized spacial score (nSPS) is 11.2. The van der Waals surface area contributed by atoms with Gasteiger partial charge < -0.3 is 10.5 Å². The van der Waals surface area contributed by atoms with Gasteiger partial charge in [0.2, 0.25) is 0 Å². The number of methoxy groups -OCH3 is 1. The Morgan fingerprint density at radius 2 is 1.95 bits per heavy atom. The summed E-state index contributed by atoms with van der Waals surface area (Å²) in [5, 5.41) is 0. The summed E-state index contributed by atoms with van der Waals surface area (Å²) in [6.07, 6.45) is 2.31. The zero-order chi connectivity index (χ0) is 15.5. The Kier molecular flexibility index (Phi) is 4.26. The minimum absolute atomic E-state index is 0.207. The van der Waals surface area contributed by atoms with Crippen LogP contribution >= 0.6 is 0 Å². The molecule has 0 unspecified atom stereocenters. The number of carbonyl (C=O) groups is 1. The van der Waals surface area contributed by atoms with Crippen LogP contribution in [0.4, 0.5) is 5.82 Å². The summed E-state index contributed by atoms with van der Waals surface area (Å²) in [4.78, 5) is 15.8. The maximum absolute atomic E-state index is 11.8. The van der Waals surface area contributed by atoms with E-state index >= 15 is 0 Å². The van der Waals surface area contributed by atoms with E-state index in [4.69, 9.17) is 10.5 Å². The van der Waals surface area contributed by atoms with Crippen LogP contribution in [0.3, 0.4) is 0 Å². The zero-order valence-electron chi connectivity index (χ0n) is 12.6. The van der Waals surface area contributed by atoms with Crippen LogP contribution in [0.1, 0.15) is 19.4 Å². The summed E-state index contributed by atoms with van der Waals surface area (Å²) in [5.41, 5.74) is 8.32. The van der Waals surface area contributed by atoms with Crippen molar-refractivity contribution >= 4 is 11.8 Å². The first-order chi connectivity index (χ1) is 9.92. The summed E-state index contributed by atoms with van der Waals surface area (Å²) in [7, 11) is 1.42. The van der Waals surface area contributed by atoms with Gasteiger partial charge in [-0.25, -0.2) is 4.98 Å². The Balaban J connectivity index is 2.28. The van der Waals surface area contributed by atoms with Gasteiger partial charge in [-0.15, -0.1) is 0 Å². The lowest BCUT2D eigenvalue weighted by Crippen LogP contribution is -2.27. The molecule has 0 bridgehead atoms. The van der Waals surface area contributed by atoms with Crippen molar-refractivity contribution in [3.8, 4) is 11.1 Å². The number of hydrogen-bond donors (Lipinski definition) is 1. The van der Waals surface area contributed by atoms with Gasteiger partial charge in [-0.05, 0) is 49.1 Å². The fourth-order valence-electron chi connectivity index (χ4n) is 2.35. The third-order valence-corrected chi connectivity index (χ3v) is 3.43. The highest BCUT2D eigenvalue weighted by Crippen LogP contribution is 2.27. The maximum Gasteiger partial charge on any atom is 0.311 e. The molecule has 1 aromatic carbocycles. The summed E-state index contributed by atoms with van der Waals surface area (Å²) in [6, 6.07) is 11.8. The van der Waals surface area contributed by atoms with Crippen LogP contribution in [0.2, 0.25) is 0 Å². The lowest BCUT2D eigenvalue weighted by Gasteiger charge is -2.21. The third-order valence-electron chi connectivity index (χ3n) is 3.43. The topological polar surface area (TPSA) is 65.2 Å². The fraction of sp³-hybridized carbons (Fsp3) is 0.294. The number of carbonyl (C=O) groups excluding carboxylic acids is 1. The summed E-state index contributed by atoms with van der Waals surface area (Å²) < 4.78 is 4.85. The number of nitrogens with zero attached hydrogens (tertiary/aromatic N) is 1. The number of benzene rings is 1. The Bertz CT molecular complexity index is 651. The predicted molar refractivity (Wildman–Crippen MR) is 83.6 cm³/mol. The molecule has 2 N–H and O–H groups in total. The van der Waals surface area contributed by atoms with Crippen molar-refractivity contribution < 1.29 is 9.53 Å². The van der Waals surface area contributed by atoms with E-state index in [2.05, 4.69) is 11.1 Å². The van der Waals surface area contributed by atoms with Gasteiger partial charge in [0, 0.05) is 6.20 Å². The van der Waals surface area contributed by atoms with E-state index in [1.807, 2.05) is 44.2 Å². The molecule has 1 aromatic heterocycles. The lowest BCUT2D eigenvalue weighted by molar-refractivity contribution is -0.150. The van der Waals surface area contributed by atoms with E-state index in [0.29, 0.717) is 12.2 Å². The quantitative estimate of drug-likeness (QED) is 0.876. The van der Waals surface area contributed by atoms with Crippen molar-refractivity contribution in [2.45, 2.75) is 20.3 Å². The van der Waals surface area contributed by atoms with E-state index in [-0.39, 0.29) is 5.97 Å². The molecule has 1 heterocycles. The van der Waals surface area contributed by atoms with Gasteiger partial charge in [-0.2, -0.15) is 0 Å². The Morgan fingerprint density at radius 3 is 2.62 bits per heavy atom. The number of nitrogen functional groups attached to an aromatic ring is 1. The SMILES string of the molecule is COC(=O)C(C)(C)Cc1cccc(-c2ccnc(N)c2)c1. The Morgan fingerprint density at radius 1 is 1.24 bits per heavy atom. The van der Waals surface area contributed by atoms with E-state index in [0.717, 1.165) is 16.7 Å². The molecule has 0 spiro atoms. The summed E-state index contributed by atoms with van der Waals surface area (Å²) >= 11 is 0. The van der Waals surface area contributed by atoms with Gasteiger partial charge in [0.1, 0.15) is 5.82 Å². The largest absolute Gasteiger partial charge is 0.469 e. The van der Waals surface area contributed by atoms with E-state index in [1.54, 1.807) is 6.20 Å². The molecule has 2 rings (SSSR count). The second-order valence-corrected chi connectivity index (χ2v) is 5.72. The predicted octanol–water partition coefficient (Wildman–Crippen LogP) is 3.07. The van der Waals surface area contributed by atoms with Gasteiger partial charge in [0.15, 0.2) is 0 Å². The molecular formula is C17H20N2O2. The summed E-state index contributed by atoms with van der Waals surface area (Å²) in [5.74, 6) is 0.286. The van der Waals surface area contributed by atoms with Gasteiger partial charge in [-0.1, -0.05) is 24.3 Å². The maximum atomic E-state index is 11.8. The molecule has 0 aliphatic rings. The van der Waals surface area contributed by atoms with Crippen LogP contribution < -0.4 is 5.73 Å². The highest BCUT2D eigenvalue weighted by molar-refractivity contribution is 5.76. The molecule has 0 amide bonds. The van der Waals surface area contributed by atoms with Gasteiger partial charge >= 0.3 is 5.97 Å². The number of aromatic nitrogens is 1. The molecule has 0 saturated heterocycles. The number of anilines is 1. The molecule has 4 heteroatoms. The second kappa shape index (κ2) is 5.95. The van der Waals surface area contributed by atoms with Crippen molar-refractivity contribution in [3.05, 3.63) is 48.2 Å². The van der Waals surface area contributed by atoms with Crippen molar-refractivity contribution in [1.29, 1.82) is 0 Å². The van der Waals surface area contributed by atoms with Gasteiger partial charge in [-0.3, -0.25) is 4.79 Å². The average molecular weight is 284 g/mol. The molecule has 0 aliphatic carbocycles. The van der Waals surface area contributed by atoms with Crippen LogP contribution in [-0.2, 0) is 16.0 Å². The second-order valence-electron chi connectivity index (χ2n) is 5.72. The monoisotopic (exact) mass is 284 g/mol. The van der Waals surface area contributed by atoms with Crippen LogP contribution in [0.25, 0.3) is 11.1 Å². The number of nitrogens with two attached hydrogens (primary N) is 1. The molecule has 0 atom stereocenters. The van der Waals surface area contributed by atoms with Crippen LogP contribution in [0.15, 0.2) is 42.6 Å². The first kappa shape index (κ1) is 15.0. The third kappa shape index (κ3) is 3.60. The van der Waals surface area contributed by atoms with Crippen molar-refractivity contribution in [3.63, 3.8) is 0 Å². The first-order valence-electron chi connectivity index (χ1n) is 6.81. The molecule has 110 valence electrons. The molecule has 21 heavy (non-hydrogen) atoms. The number of ether oxygens (including phenoxy) is 1. The summed E-state index contributed by atoms with van der Waals surface area (Å²) in [6.45, 7) is 3.77. The Hall–Kier alpha value is -2.36. The van der Waals surface area contributed by atoms with Crippen LogP contribution in [0.5, 0.6) is 0 Å².